The third-order valence-electron chi connectivity index (χ3n) is 3.92. The maximum Gasteiger partial charge on any atom is 0.417 e. The summed E-state index contributed by atoms with van der Waals surface area (Å²) in [5.74, 6) is -1.23. The summed E-state index contributed by atoms with van der Waals surface area (Å²) < 4.78 is 119. The van der Waals surface area contributed by atoms with Crippen molar-refractivity contribution >= 4 is 27.3 Å². The Labute approximate surface area is 172 Å². The number of hydrogen-bond donors (Lipinski definition) is 0. The lowest BCUT2D eigenvalue weighted by Gasteiger charge is -2.17. The summed E-state index contributed by atoms with van der Waals surface area (Å²) in [5, 5.41) is 0. The molecule has 0 fully saturated rings. The molecule has 0 bridgehead atoms. The zero-order valence-electron chi connectivity index (χ0n) is 14.7. The zero-order valence-corrected chi connectivity index (χ0v) is 16.3. The van der Waals surface area contributed by atoms with Crippen LogP contribution in [0, 0.1) is 6.92 Å². The summed E-state index contributed by atoms with van der Waals surface area (Å²) in [5.41, 5.74) is -6.93. The maximum atomic E-state index is 13.5. The normalized spacial score (nSPS) is 13.5. The first-order chi connectivity index (χ1) is 13.5. The number of hydrogen-bond acceptors (Lipinski definition) is 1. The number of allylic oxidation sites excluding steroid dienone is 2. The van der Waals surface area contributed by atoms with Crippen LogP contribution in [-0.4, -0.2) is 12.0 Å². The molecule has 0 radical (unpaired) electrons. The summed E-state index contributed by atoms with van der Waals surface area (Å²) in [6, 6.07) is 3.32. The van der Waals surface area contributed by atoms with Crippen LogP contribution in [0.25, 0.3) is 5.57 Å². The van der Waals surface area contributed by atoms with E-state index in [1.165, 1.54) is 19.1 Å². The Balaban J connectivity index is 2.71. The summed E-state index contributed by atoms with van der Waals surface area (Å²) in [6.45, 7) is 1.54. The molecule has 0 atom stereocenters. The molecular weight excluding hydrogens is 495 g/mol. The van der Waals surface area contributed by atoms with Crippen LogP contribution >= 0.6 is 15.9 Å². The molecule has 0 aromatic heterocycles. The minimum atomic E-state index is -5.40. The van der Waals surface area contributed by atoms with E-state index in [-0.39, 0.29) is 29.8 Å². The lowest BCUT2D eigenvalue weighted by Crippen LogP contribution is -2.16. The number of halogens is 10. The second-order valence-corrected chi connectivity index (χ2v) is 7.03. The van der Waals surface area contributed by atoms with E-state index in [4.69, 9.17) is 0 Å². The lowest BCUT2D eigenvalue weighted by molar-refractivity contribution is -0.143. The van der Waals surface area contributed by atoms with E-state index < -0.39 is 46.6 Å². The molecule has 0 saturated heterocycles. The predicted octanol–water partition coefficient (Wildman–Crippen LogP) is 7.62. The Hall–Kier alpha value is -2.30. The predicted molar refractivity (Wildman–Crippen MR) is 93.7 cm³/mol. The van der Waals surface area contributed by atoms with Gasteiger partial charge in [-0.3, -0.25) is 4.79 Å². The molecule has 0 saturated carbocycles. The minimum Gasteiger partial charge on any atom is -0.289 e. The monoisotopic (exact) mass is 504 g/mol. The fourth-order valence-corrected chi connectivity index (χ4v) is 2.70. The molecule has 0 aliphatic rings. The molecule has 2 aromatic carbocycles. The molecule has 1 nitrogen and oxygen atoms in total. The number of carbonyl (C=O) groups excluding carboxylic acids is 1. The highest BCUT2D eigenvalue weighted by Crippen LogP contribution is 2.41. The van der Waals surface area contributed by atoms with Gasteiger partial charge >= 0.3 is 18.5 Å². The largest absolute Gasteiger partial charge is 0.417 e. The molecular formula is C19H10BrF9O. The molecule has 0 amide bonds. The standard InChI is InChI=1S/C19H10BrF9O/c1-9-4-10(2-3-15(9)20)16(30)8-14(19(27,28)29)11-5-12(17(21,22)23)7-13(6-11)18(24,25)26/h2-8H,1H3. The molecule has 0 heterocycles. The van der Waals surface area contributed by atoms with Crippen molar-refractivity contribution in [2.75, 3.05) is 0 Å². The number of carbonyl (C=O) groups is 1. The van der Waals surface area contributed by atoms with Crippen LogP contribution in [0.5, 0.6) is 0 Å². The van der Waals surface area contributed by atoms with Crippen LogP contribution in [0.4, 0.5) is 39.5 Å². The Bertz CT molecular complexity index is 966. The van der Waals surface area contributed by atoms with E-state index in [1.54, 1.807) is 0 Å². The molecule has 0 N–H and O–H groups in total. The summed E-state index contributed by atoms with van der Waals surface area (Å²) in [4.78, 5) is 12.3. The highest BCUT2D eigenvalue weighted by Gasteiger charge is 2.41. The van der Waals surface area contributed by atoms with Crippen molar-refractivity contribution in [1.82, 2.24) is 0 Å². The van der Waals surface area contributed by atoms with Gasteiger partial charge in [-0.25, -0.2) is 0 Å². The number of aryl methyl sites for hydroxylation is 1. The van der Waals surface area contributed by atoms with Crippen LogP contribution in [0.1, 0.15) is 32.6 Å². The number of rotatable bonds is 3. The van der Waals surface area contributed by atoms with Gasteiger partial charge in [0, 0.05) is 10.0 Å². The second kappa shape index (κ2) is 8.09. The van der Waals surface area contributed by atoms with Gasteiger partial charge in [-0.1, -0.05) is 15.9 Å². The Morgan fingerprint density at radius 2 is 1.30 bits per heavy atom. The van der Waals surface area contributed by atoms with Gasteiger partial charge in [0.1, 0.15) is 0 Å². The molecule has 2 rings (SSSR count). The highest BCUT2D eigenvalue weighted by molar-refractivity contribution is 9.10. The quantitative estimate of drug-likeness (QED) is 0.238. The van der Waals surface area contributed by atoms with Crippen LogP contribution < -0.4 is 0 Å². The van der Waals surface area contributed by atoms with Crippen LogP contribution in [0.3, 0.4) is 0 Å². The van der Waals surface area contributed by atoms with Crippen molar-refractivity contribution in [3.05, 3.63) is 74.8 Å². The number of benzene rings is 2. The first-order valence-corrected chi connectivity index (χ1v) is 8.68. The van der Waals surface area contributed by atoms with Crippen LogP contribution in [0.15, 0.2) is 46.9 Å². The first kappa shape index (κ1) is 24.0. The second-order valence-electron chi connectivity index (χ2n) is 6.18. The van der Waals surface area contributed by atoms with Crippen molar-refractivity contribution < 1.29 is 44.3 Å². The maximum absolute atomic E-state index is 13.5. The molecule has 0 unspecified atom stereocenters. The third-order valence-corrected chi connectivity index (χ3v) is 4.81. The molecule has 11 heteroatoms. The van der Waals surface area contributed by atoms with E-state index >= 15 is 0 Å². The van der Waals surface area contributed by atoms with E-state index in [9.17, 15) is 44.3 Å². The van der Waals surface area contributed by atoms with Gasteiger partial charge < -0.3 is 0 Å². The third kappa shape index (κ3) is 5.65. The van der Waals surface area contributed by atoms with Crippen molar-refractivity contribution in [2.45, 2.75) is 25.5 Å². The number of alkyl halides is 9. The molecule has 162 valence electrons. The van der Waals surface area contributed by atoms with Crippen molar-refractivity contribution in [3.8, 4) is 0 Å². The summed E-state index contributed by atoms with van der Waals surface area (Å²) in [6.07, 6.45) is -16.1. The summed E-state index contributed by atoms with van der Waals surface area (Å²) in [7, 11) is 0. The van der Waals surface area contributed by atoms with Gasteiger partial charge in [0.15, 0.2) is 5.78 Å². The number of ketones is 1. The van der Waals surface area contributed by atoms with Gasteiger partial charge in [-0.2, -0.15) is 39.5 Å². The fraction of sp³-hybridized carbons (Fsp3) is 0.211. The van der Waals surface area contributed by atoms with Gasteiger partial charge in [0.25, 0.3) is 0 Å². The van der Waals surface area contributed by atoms with Crippen LogP contribution in [0.2, 0.25) is 0 Å². The first-order valence-electron chi connectivity index (χ1n) is 7.89. The molecule has 30 heavy (non-hydrogen) atoms. The van der Waals surface area contributed by atoms with Crippen molar-refractivity contribution in [2.24, 2.45) is 0 Å². The van der Waals surface area contributed by atoms with Crippen molar-refractivity contribution in [3.63, 3.8) is 0 Å². The van der Waals surface area contributed by atoms with Crippen LogP contribution in [-0.2, 0) is 12.4 Å². The molecule has 0 aliphatic heterocycles. The fourth-order valence-electron chi connectivity index (χ4n) is 2.45. The Morgan fingerprint density at radius 1 is 0.800 bits per heavy atom. The lowest BCUT2D eigenvalue weighted by atomic mass is 9.96. The molecule has 0 aliphatic carbocycles. The smallest absolute Gasteiger partial charge is 0.289 e. The summed E-state index contributed by atoms with van der Waals surface area (Å²) >= 11 is 3.13. The Morgan fingerprint density at radius 3 is 1.70 bits per heavy atom. The minimum absolute atomic E-state index is 0.0156. The van der Waals surface area contributed by atoms with E-state index in [2.05, 4.69) is 15.9 Å². The van der Waals surface area contributed by atoms with Gasteiger partial charge in [0.2, 0.25) is 0 Å². The van der Waals surface area contributed by atoms with E-state index in [1.807, 2.05) is 0 Å². The Kier molecular flexibility index (Phi) is 6.46. The molecule has 0 spiro atoms. The van der Waals surface area contributed by atoms with Gasteiger partial charge in [0.05, 0.1) is 16.7 Å². The van der Waals surface area contributed by atoms with E-state index in [0.29, 0.717) is 10.0 Å². The topological polar surface area (TPSA) is 17.1 Å². The highest BCUT2D eigenvalue weighted by atomic mass is 79.9. The average molecular weight is 505 g/mol. The van der Waals surface area contributed by atoms with Gasteiger partial charge in [-0.05, 0) is 60.5 Å². The average Bonchev–Trinajstić information content (AvgIpc) is 2.58. The zero-order chi connectivity index (χ0) is 23.1. The van der Waals surface area contributed by atoms with Crippen molar-refractivity contribution in [1.29, 1.82) is 0 Å². The molecule has 2 aromatic rings. The van der Waals surface area contributed by atoms with Gasteiger partial charge in [-0.15, -0.1) is 0 Å². The SMILES string of the molecule is Cc1cc(C(=O)C=C(c2cc(C(F)(F)F)cc(C(F)(F)F)c2)C(F)(F)F)ccc1Br. The van der Waals surface area contributed by atoms with E-state index in [0.717, 1.165) is 6.07 Å².